The first-order valence-corrected chi connectivity index (χ1v) is 5.17. The van der Waals surface area contributed by atoms with Gasteiger partial charge in [0.1, 0.15) is 0 Å². The quantitative estimate of drug-likeness (QED) is 0.252. The molecule has 5 heteroatoms. The highest BCUT2D eigenvalue weighted by Gasteiger charge is 2.01. The van der Waals surface area contributed by atoms with Gasteiger partial charge in [0.2, 0.25) is 0 Å². The van der Waals surface area contributed by atoms with Crippen molar-refractivity contribution in [1.29, 1.82) is 0 Å². The van der Waals surface area contributed by atoms with Crippen molar-refractivity contribution in [3.63, 3.8) is 0 Å². The van der Waals surface area contributed by atoms with E-state index in [9.17, 15) is 4.79 Å². The van der Waals surface area contributed by atoms with E-state index in [1.807, 2.05) is 0 Å². The Balaban J connectivity index is 3.14. The highest BCUT2D eigenvalue weighted by molar-refractivity contribution is 6.40. The fourth-order valence-electron chi connectivity index (χ4n) is 0.498. The molecule has 0 aliphatic rings. The predicted molar refractivity (Wildman–Crippen MR) is 42.2 cm³/mol. The van der Waals surface area contributed by atoms with Gasteiger partial charge in [-0.15, -0.1) is 0 Å². The Morgan fingerprint density at radius 1 is 1.64 bits per heavy atom. The first-order valence-electron chi connectivity index (χ1n) is 3.32. The molecule has 0 aromatic rings. The molecule has 0 rings (SSSR count). The van der Waals surface area contributed by atoms with E-state index in [1.165, 1.54) is 0 Å². The monoisotopic (exact) mass is 176 g/mol. The summed E-state index contributed by atoms with van der Waals surface area (Å²) in [4.78, 5) is 27.4. The molecule has 0 amide bonds. The smallest absolute Gasteiger partial charge is 0.330 e. The van der Waals surface area contributed by atoms with Crippen LogP contribution < -0.4 is 0 Å². The SMILES string of the molecule is C=CC(=O)OCCC[SiH](O)O. The van der Waals surface area contributed by atoms with Gasteiger partial charge in [0.05, 0.1) is 6.61 Å². The van der Waals surface area contributed by atoms with E-state index in [-0.39, 0.29) is 6.61 Å². The van der Waals surface area contributed by atoms with E-state index in [0.29, 0.717) is 12.5 Å². The normalized spacial score (nSPS) is 9.73. The van der Waals surface area contributed by atoms with E-state index in [4.69, 9.17) is 9.59 Å². The van der Waals surface area contributed by atoms with Crippen LogP contribution >= 0.6 is 0 Å². The molecule has 0 fully saturated rings. The molecular formula is C6H12O4Si. The minimum atomic E-state index is -2.46. The summed E-state index contributed by atoms with van der Waals surface area (Å²) in [6.07, 6.45) is 1.58. The highest BCUT2D eigenvalue weighted by atomic mass is 28.3. The van der Waals surface area contributed by atoms with Gasteiger partial charge in [0.25, 0.3) is 0 Å². The van der Waals surface area contributed by atoms with Crippen LogP contribution in [0.2, 0.25) is 6.04 Å². The first-order chi connectivity index (χ1) is 5.16. The molecule has 0 saturated carbocycles. The molecule has 4 nitrogen and oxygen atoms in total. The van der Waals surface area contributed by atoms with Gasteiger partial charge in [-0.25, -0.2) is 4.79 Å². The van der Waals surface area contributed by atoms with Gasteiger partial charge in [-0.2, -0.15) is 0 Å². The van der Waals surface area contributed by atoms with Gasteiger partial charge < -0.3 is 14.3 Å². The number of esters is 1. The van der Waals surface area contributed by atoms with Crippen molar-refractivity contribution in [3.05, 3.63) is 12.7 Å². The Hall–Kier alpha value is -0.653. The van der Waals surface area contributed by atoms with Crippen molar-refractivity contribution in [1.82, 2.24) is 0 Å². The fourth-order valence-corrected chi connectivity index (χ4v) is 1.03. The largest absolute Gasteiger partial charge is 0.463 e. The van der Waals surface area contributed by atoms with Gasteiger partial charge in [-0.05, 0) is 12.5 Å². The summed E-state index contributed by atoms with van der Waals surface area (Å²) < 4.78 is 4.58. The third-order valence-corrected chi connectivity index (χ3v) is 1.94. The molecular weight excluding hydrogens is 164 g/mol. The van der Waals surface area contributed by atoms with Crippen LogP contribution in [0.3, 0.4) is 0 Å². The van der Waals surface area contributed by atoms with Gasteiger partial charge in [0, 0.05) is 6.08 Å². The summed E-state index contributed by atoms with van der Waals surface area (Å²) in [5.74, 6) is -0.473. The van der Waals surface area contributed by atoms with Crippen molar-refractivity contribution in [2.45, 2.75) is 12.5 Å². The number of rotatable bonds is 5. The lowest BCUT2D eigenvalue weighted by Gasteiger charge is -2.01. The molecule has 0 unspecified atom stereocenters. The molecule has 11 heavy (non-hydrogen) atoms. The fraction of sp³-hybridized carbons (Fsp3) is 0.500. The maximum absolute atomic E-state index is 10.4. The van der Waals surface area contributed by atoms with E-state index in [0.717, 1.165) is 6.08 Å². The molecule has 64 valence electrons. The zero-order valence-electron chi connectivity index (χ0n) is 6.19. The number of ether oxygens (including phenoxy) is 1. The van der Waals surface area contributed by atoms with Gasteiger partial charge in [0.15, 0.2) is 0 Å². The Morgan fingerprint density at radius 3 is 2.73 bits per heavy atom. The third kappa shape index (κ3) is 7.24. The number of carbonyl (C=O) groups is 1. The molecule has 0 aromatic heterocycles. The van der Waals surface area contributed by atoms with E-state index in [2.05, 4.69) is 11.3 Å². The Kier molecular flexibility index (Phi) is 5.72. The molecule has 0 aromatic carbocycles. The van der Waals surface area contributed by atoms with Crippen LogP contribution in [-0.4, -0.2) is 31.5 Å². The second-order valence-electron chi connectivity index (χ2n) is 1.99. The highest BCUT2D eigenvalue weighted by Crippen LogP contribution is 1.93. The van der Waals surface area contributed by atoms with Crippen molar-refractivity contribution >= 4 is 15.3 Å². The molecule has 0 spiro atoms. The molecule has 0 atom stereocenters. The summed E-state index contributed by atoms with van der Waals surface area (Å²) in [5.41, 5.74) is 0. The number of carbonyl (C=O) groups excluding carboxylic acids is 1. The van der Waals surface area contributed by atoms with E-state index >= 15 is 0 Å². The van der Waals surface area contributed by atoms with Crippen LogP contribution in [0.1, 0.15) is 6.42 Å². The maximum atomic E-state index is 10.4. The zero-order valence-corrected chi connectivity index (χ0v) is 7.35. The lowest BCUT2D eigenvalue weighted by atomic mass is 10.5. The maximum Gasteiger partial charge on any atom is 0.330 e. The summed E-state index contributed by atoms with van der Waals surface area (Å²) in [6.45, 7) is 3.44. The minimum absolute atomic E-state index is 0.232. The first kappa shape index (κ1) is 10.3. The van der Waals surface area contributed by atoms with Crippen LogP contribution in [0.15, 0.2) is 12.7 Å². The summed E-state index contributed by atoms with van der Waals surface area (Å²) in [6, 6.07) is 0.352. The van der Waals surface area contributed by atoms with Gasteiger partial charge in [-0.1, -0.05) is 6.58 Å². The zero-order chi connectivity index (χ0) is 8.69. The summed E-state index contributed by atoms with van der Waals surface area (Å²) in [7, 11) is -2.46. The number of hydrogen-bond donors (Lipinski definition) is 2. The van der Waals surface area contributed by atoms with Crippen molar-refractivity contribution in [3.8, 4) is 0 Å². The molecule has 0 bridgehead atoms. The Morgan fingerprint density at radius 2 is 2.27 bits per heavy atom. The second kappa shape index (κ2) is 6.08. The van der Waals surface area contributed by atoms with Crippen LogP contribution in [0.4, 0.5) is 0 Å². The molecule has 0 radical (unpaired) electrons. The second-order valence-corrected chi connectivity index (χ2v) is 3.53. The Bertz CT molecular complexity index is 135. The topological polar surface area (TPSA) is 66.8 Å². The molecule has 0 saturated heterocycles. The third-order valence-electron chi connectivity index (χ3n) is 1.02. The lowest BCUT2D eigenvalue weighted by molar-refractivity contribution is -0.137. The van der Waals surface area contributed by atoms with Gasteiger partial charge >= 0.3 is 15.3 Å². The molecule has 0 heterocycles. The standard InChI is InChI=1S/C6H12O4Si/c1-2-6(7)10-4-3-5-11(8)9/h2,8-9,11H,1,3-5H2. The van der Waals surface area contributed by atoms with Crippen molar-refractivity contribution < 1.29 is 19.1 Å². The average molecular weight is 176 g/mol. The van der Waals surface area contributed by atoms with Crippen LogP contribution in [0.25, 0.3) is 0 Å². The summed E-state index contributed by atoms with van der Waals surface area (Å²) >= 11 is 0. The Labute approximate surface area is 67.0 Å². The van der Waals surface area contributed by atoms with Crippen LogP contribution in [-0.2, 0) is 9.53 Å². The summed E-state index contributed by atoms with van der Waals surface area (Å²) in [5, 5.41) is 0. The van der Waals surface area contributed by atoms with Crippen molar-refractivity contribution in [2.24, 2.45) is 0 Å². The predicted octanol–water partition coefficient (Wildman–Crippen LogP) is -0.689. The van der Waals surface area contributed by atoms with Crippen molar-refractivity contribution in [2.75, 3.05) is 6.61 Å². The van der Waals surface area contributed by atoms with E-state index in [1.54, 1.807) is 0 Å². The molecule has 0 aliphatic heterocycles. The molecule has 2 N–H and O–H groups in total. The average Bonchev–Trinajstić information content (AvgIpc) is 1.97. The number of hydrogen-bond acceptors (Lipinski definition) is 4. The molecule has 0 aliphatic carbocycles. The van der Waals surface area contributed by atoms with Gasteiger partial charge in [-0.3, -0.25) is 0 Å². The van der Waals surface area contributed by atoms with Crippen LogP contribution in [0, 0.1) is 0 Å². The minimum Gasteiger partial charge on any atom is -0.463 e. The lowest BCUT2D eigenvalue weighted by Crippen LogP contribution is -2.12. The van der Waals surface area contributed by atoms with E-state index < -0.39 is 15.3 Å². The van der Waals surface area contributed by atoms with Crippen LogP contribution in [0.5, 0.6) is 0 Å².